The van der Waals surface area contributed by atoms with E-state index in [1.807, 2.05) is 18.2 Å². The molecule has 0 heterocycles. The lowest BCUT2D eigenvalue weighted by Gasteiger charge is -2.00. The zero-order valence-electron chi connectivity index (χ0n) is 8.42. The van der Waals surface area contributed by atoms with Crippen molar-refractivity contribution < 1.29 is 9.53 Å². The van der Waals surface area contributed by atoms with Crippen LogP contribution < -0.4 is 0 Å². The van der Waals surface area contributed by atoms with Gasteiger partial charge in [-0.15, -0.1) is 0 Å². The number of rotatable bonds is 1. The Bertz CT molecular complexity index is 435. The fourth-order valence-electron chi connectivity index (χ4n) is 1.84. The number of fused-ring (bicyclic) bond motifs is 1. The maximum absolute atomic E-state index is 11.1. The smallest absolute Gasteiger partial charge is 0.330 e. The van der Waals surface area contributed by atoms with Gasteiger partial charge in [0.25, 0.3) is 0 Å². The van der Waals surface area contributed by atoms with E-state index >= 15 is 0 Å². The van der Waals surface area contributed by atoms with Gasteiger partial charge < -0.3 is 4.74 Å². The van der Waals surface area contributed by atoms with E-state index in [9.17, 15) is 4.79 Å². The SMILES string of the molecule is COC(=O)/C=C1/CCc2cc(Cl)ccc21. The molecule has 0 unspecified atom stereocenters. The molecule has 78 valence electrons. The summed E-state index contributed by atoms with van der Waals surface area (Å²) in [6.07, 6.45) is 3.38. The molecule has 0 saturated carbocycles. The van der Waals surface area contributed by atoms with Gasteiger partial charge in [-0.3, -0.25) is 0 Å². The second kappa shape index (κ2) is 4.07. The Morgan fingerprint density at radius 3 is 3.00 bits per heavy atom. The maximum atomic E-state index is 11.1. The number of carbonyl (C=O) groups is 1. The quantitative estimate of drug-likeness (QED) is 0.540. The molecule has 15 heavy (non-hydrogen) atoms. The third-order valence-electron chi connectivity index (χ3n) is 2.57. The lowest BCUT2D eigenvalue weighted by atomic mass is 10.1. The Labute approximate surface area is 93.5 Å². The van der Waals surface area contributed by atoms with E-state index < -0.39 is 0 Å². The van der Waals surface area contributed by atoms with Gasteiger partial charge in [-0.05, 0) is 41.7 Å². The number of esters is 1. The molecule has 0 radical (unpaired) electrons. The number of methoxy groups -OCH3 is 1. The summed E-state index contributed by atoms with van der Waals surface area (Å²) in [6, 6.07) is 5.76. The van der Waals surface area contributed by atoms with E-state index in [1.165, 1.54) is 12.7 Å². The molecule has 1 aliphatic carbocycles. The number of allylic oxidation sites excluding steroid dienone is 1. The first-order valence-electron chi connectivity index (χ1n) is 4.78. The number of hydrogen-bond donors (Lipinski definition) is 0. The number of halogens is 1. The largest absolute Gasteiger partial charge is 0.466 e. The van der Waals surface area contributed by atoms with Gasteiger partial charge in [0.15, 0.2) is 0 Å². The summed E-state index contributed by atoms with van der Waals surface area (Å²) in [5.41, 5.74) is 3.36. The molecule has 0 spiro atoms. The summed E-state index contributed by atoms with van der Waals surface area (Å²) in [5, 5.41) is 0.744. The zero-order chi connectivity index (χ0) is 10.8. The van der Waals surface area contributed by atoms with Crippen LogP contribution in [0.3, 0.4) is 0 Å². The lowest BCUT2D eigenvalue weighted by Crippen LogP contribution is -1.95. The molecule has 0 bridgehead atoms. The third kappa shape index (κ3) is 2.05. The van der Waals surface area contributed by atoms with Crippen LogP contribution in [0, 0.1) is 0 Å². The van der Waals surface area contributed by atoms with Crippen molar-refractivity contribution in [3.05, 3.63) is 40.4 Å². The predicted molar refractivity (Wildman–Crippen MR) is 59.8 cm³/mol. The van der Waals surface area contributed by atoms with Gasteiger partial charge in [0.1, 0.15) is 0 Å². The molecular weight excluding hydrogens is 212 g/mol. The minimum absolute atomic E-state index is 0.298. The standard InChI is InChI=1S/C12H11ClO2/c1-15-12(14)7-9-3-2-8-6-10(13)4-5-11(8)9/h4-7H,2-3H2,1H3/b9-7-. The second-order valence-corrected chi connectivity index (χ2v) is 3.93. The molecule has 2 nitrogen and oxygen atoms in total. The minimum Gasteiger partial charge on any atom is -0.466 e. The summed E-state index contributed by atoms with van der Waals surface area (Å²) in [6.45, 7) is 0. The Balaban J connectivity index is 2.37. The van der Waals surface area contributed by atoms with Crippen LogP contribution in [0.25, 0.3) is 5.57 Å². The van der Waals surface area contributed by atoms with Crippen LogP contribution in [0.1, 0.15) is 17.5 Å². The fourth-order valence-corrected chi connectivity index (χ4v) is 2.03. The molecule has 0 fully saturated rings. The molecule has 2 rings (SSSR count). The molecule has 0 atom stereocenters. The second-order valence-electron chi connectivity index (χ2n) is 3.49. The maximum Gasteiger partial charge on any atom is 0.330 e. The van der Waals surface area contributed by atoms with Crippen molar-refractivity contribution in [2.45, 2.75) is 12.8 Å². The van der Waals surface area contributed by atoms with Crippen molar-refractivity contribution in [3.63, 3.8) is 0 Å². The van der Waals surface area contributed by atoms with Gasteiger partial charge in [-0.25, -0.2) is 4.79 Å². The highest BCUT2D eigenvalue weighted by atomic mass is 35.5. The van der Waals surface area contributed by atoms with Gasteiger partial charge >= 0.3 is 5.97 Å². The van der Waals surface area contributed by atoms with Crippen molar-refractivity contribution in [1.82, 2.24) is 0 Å². The van der Waals surface area contributed by atoms with Crippen LogP contribution in [0.2, 0.25) is 5.02 Å². The van der Waals surface area contributed by atoms with Gasteiger partial charge in [-0.1, -0.05) is 17.7 Å². The number of ether oxygens (including phenoxy) is 1. The van der Waals surface area contributed by atoms with Gasteiger partial charge in [-0.2, -0.15) is 0 Å². The van der Waals surface area contributed by atoms with Gasteiger partial charge in [0.2, 0.25) is 0 Å². The first kappa shape index (κ1) is 10.2. The summed E-state index contributed by atoms with van der Waals surface area (Å²) in [5.74, 6) is -0.298. The van der Waals surface area contributed by atoms with Crippen LogP contribution in [-0.2, 0) is 16.0 Å². The summed E-state index contributed by atoms with van der Waals surface area (Å²) in [7, 11) is 1.39. The first-order valence-corrected chi connectivity index (χ1v) is 5.16. The lowest BCUT2D eigenvalue weighted by molar-refractivity contribution is -0.134. The van der Waals surface area contributed by atoms with E-state index in [0.717, 1.165) is 29.0 Å². The highest BCUT2D eigenvalue weighted by molar-refractivity contribution is 6.30. The molecule has 1 aromatic rings. The third-order valence-corrected chi connectivity index (χ3v) is 2.81. The Kier molecular flexibility index (Phi) is 2.78. The number of benzene rings is 1. The van der Waals surface area contributed by atoms with E-state index in [4.69, 9.17) is 11.6 Å². The molecular formula is C12H11ClO2. The van der Waals surface area contributed by atoms with Crippen LogP contribution >= 0.6 is 11.6 Å². The highest BCUT2D eigenvalue weighted by Gasteiger charge is 2.17. The normalized spacial score (nSPS) is 16.5. The van der Waals surface area contributed by atoms with Crippen molar-refractivity contribution in [2.75, 3.05) is 7.11 Å². The number of aryl methyl sites for hydroxylation is 1. The Morgan fingerprint density at radius 1 is 1.47 bits per heavy atom. The van der Waals surface area contributed by atoms with Crippen LogP contribution in [0.4, 0.5) is 0 Å². The molecule has 0 amide bonds. The summed E-state index contributed by atoms with van der Waals surface area (Å²) >= 11 is 5.89. The summed E-state index contributed by atoms with van der Waals surface area (Å²) < 4.78 is 4.61. The Morgan fingerprint density at radius 2 is 2.27 bits per heavy atom. The van der Waals surface area contributed by atoms with E-state index in [-0.39, 0.29) is 5.97 Å². The zero-order valence-corrected chi connectivity index (χ0v) is 9.17. The van der Waals surface area contributed by atoms with Crippen LogP contribution in [0.5, 0.6) is 0 Å². The minimum atomic E-state index is -0.298. The van der Waals surface area contributed by atoms with Gasteiger partial charge in [0, 0.05) is 11.1 Å². The average molecular weight is 223 g/mol. The highest BCUT2D eigenvalue weighted by Crippen LogP contribution is 2.33. The Hall–Kier alpha value is -1.28. The monoisotopic (exact) mass is 222 g/mol. The first-order chi connectivity index (χ1) is 7.20. The van der Waals surface area contributed by atoms with Crippen molar-refractivity contribution in [3.8, 4) is 0 Å². The van der Waals surface area contributed by atoms with E-state index in [1.54, 1.807) is 6.08 Å². The van der Waals surface area contributed by atoms with Crippen LogP contribution in [0.15, 0.2) is 24.3 Å². The molecule has 0 saturated heterocycles. The number of hydrogen-bond acceptors (Lipinski definition) is 2. The van der Waals surface area contributed by atoms with E-state index in [2.05, 4.69) is 4.74 Å². The molecule has 0 aromatic heterocycles. The van der Waals surface area contributed by atoms with Crippen molar-refractivity contribution >= 4 is 23.1 Å². The van der Waals surface area contributed by atoms with Crippen molar-refractivity contribution in [2.24, 2.45) is 0 Å². The summed E-state index contributed by atoms with van der Waals surface area (Å²) in [4.78, 5) is 11.1. The molecule has 1 aromatic carbocycles. The van der Waals surface area contributed by atoms with Crippen LogP contribution in [-0.4, -0.2) is 13.1 Å². The number of carbonyl (C=O) groups excluding carboxylic acids is 1. The van der Waals surface area contributed by atoms with Gasteiger partial charge in [0.05, 0.1) is 7.11 Å². The molecule has 3 heteroatoms. The molecule has 0 N–H and O–H groups in total. The van der Waals surface area contributed by atoms with E-state index in [0.29, 0.717) is 0 Å². The van der Waals surface area contributed by atoms with Crippen molar-refractivity contribution in [1.29, 1.82) is 0 Å². The topological polar surface area (TPSA) is 26.3 Å². The molecule has 0 aliphatic heterocycles. The average Bonchev–Trinajstić information content (AvgIpc) is 2.60. The fraction of sp³-hybridized carbons (Fsp3) is 0.250. The molecule has 1 aliphatic rings. The predicted octanol–water partition coefficient (Wildman–Crippen LogP) is 2.84.